The Kier molecular flexibility index (Phi) is 2.87. The molecule has 5 nitrogen and oxygen atoms in total. The molecular weight excluding hydrogens is 202 g/mol. The summed E-state index contributed by atoms with van der Waals surface area (Å²) in [7, 11) is 0. The second-order valence-electron chi connectivity index (χ2n) is 4.29. The molecule has 0 bridgehead atoms. The summed E-state index contributed by atoms with van der Waals surface area (Å²) in [6.07, 6.45) is 0. The fourth-order valence-electron chi connectivity index (χ4n) is 1.71. The molecule has 0 saturated heterocycles. The van der Waals surface area contributed by atoms with Crippen molar-refractivity contribution in [3.8, 4) is 0 Å². The third kappa shape index (κ3) is 2.04. The molecular formula is C11H17N5. The largest absolute Gasteiger partial charge is 0.308 e. The normalized spacial score (nSPS) is 11.6. The topological polar surface area (TPSA) is 55.1 Å². The lowest BCUT2D eigenvalue weighted by molar-refractivity contribution is 0.567. The maximum absolute atomic E-state index is 4.42. The van der Waals surface area contributed by atoms with Crippen molar-refractivity contribution in [2.24, 2.45) is 0 Å². The van der Waals surface area contributed by atoms with E-state index >= 15 is 0 Å². The standard InChI is InChI=1S/C11H17N5/c1-7(2)12-6-11-15-14-10-5-8(3)13-9(4)16(10)11/h5,7,12H,6H2,1-4H3. The first-order valence-corrected chi connectivity index (χ1v) is 5.49. The van der Waals surface area contributed by atoms with Crippen molar-refractivity contribution in [2.45, 2.75) is 40.3 Å². The van der Waals surface area contributed by atoms with Gasteiger partial charge in [0.1, 0.15) is 5.82 Å². The van der Waals surface area contributed by atoms with Crippen LogP contribution in [0.1, 0.15) is 31.2 Å². The van der Waals surface area contributed by atoms with Crippen LogP contribution in [0.4, 0.5) is 0 Å². The zero-order chi connectivity index (χ0) is 11.7. The highest BCUT2D eigenvalue weighted by Crippen LogP contribution is 2.08. The summed E-state index contributed by atoms with van der Waals surface area (Å²) in [5.74, 6) is 1.84. The number of fused-ring (bicyclic) bond motifs is 1. The molecule has 16 heavy (non-hydrogen) atoms. The number of nitrogens with one attached hydrogen (secondary N) is 1. The van der Waals surface area contributed by atoms with Gasteiger partial charge in [0, 0.05) is 17.8 Å². The van der Waals surface area contributed by atoms with Gasteiger partial charge in [-0.25, -0.2) is 4.98 Å². The molecule has 0 fully saturated rings. The summed E-state index contributed by atoms with van der Waals surface area (Å²) in [6.45, 7) is 8.87. The maximum Gasteiger partial charge on any atom is 0.164 e. The summed E-state index contributed by atoms with van der Waals surface area (Å²) in [6, 6.07) is 2.38. The van der Waals surface area contributed by atoms with E-state index in [1.807, 2.05) is 24.3 Å². The molecule has 2 aromatic heterocycles. The molecule has 2 heterocycles. The Hall–Kier alpha value is -1.49. The van der Waals surface area contributed by atoms with Crippen LogP contribution in [-0.4, -0.2) is 25.6 Å². The molecule has 5 heteroatoms. The number of nitrogens with zero attached hydrogens (tertiary/aromatic N) is 4. The van der Waals surface area contributed by atoms with Crippen LogP contribution < -0.4 is 5.32 Å². The summed E-state index contributed by atoms with van der Waals surface area (Å²) in [5.41, 5.74) is 1.84. The lowest BCUT2D eigenvalue weighted by Gasteiger charge is -2.07. The van der Waals surface area contributed by atoms with Gasteiger partial charge in [-0.15, -0.1) is 10.2 Å². The van der Waals surface area contributed by atoms with Crippen molar-refractivity contribution in [1.29, 1.82) is 0 Å². The van der Waals surface area contributed by atoms with Crippen molar-refractivity contribution in [3.63, 3.8) is 0 Å². The van der Waals surface area contributed by atoms with Gasteiger partial charge in [0.25, 0.3) is 0 Å². The van der Waals surface area contributed by atoms with Gasteiger partial charge in [-0.1, -0.05) is 13.8 Å². The van der Waals surface area contributed by atoms with Crippen LogP contribution in [-0.2, 0) is 6.54 Å². The zero-order valence-electron chi connectivity index (χ0n) is 10.2. The summed E-state index contributed by atoms with van der Waals surface area (Å²) < 4.78 is 1.99. The van der Waals surface area contributed by atoms with Crippen LogP contribution in [0, 0.1) is 13.8 Å². The predicted molar refractivity (Wildman–Crippen MR) is 62.2 cm³/mol. The fourth-order valence-corrected chi connectivity index (χ4v) is 1.71. The summed E-state index contributed by atoms with van der Waals surface area (Å²) in [5, 5.41) is 11.7. The van der Waals surface area contributed by atoms with Gasteiger partial charge >= 0.3 is 0 Å². The highest BCUT2D eigenvalue weighted by atomic mass is 15.3. The Labute approximate surface area is 94.9 Å². The molecule has 0 atom stereocenters. The number of rotatable bonds is 3. The van der Waals surface area contributed by atoms with E-state index in [1.165, 1.54) is 0 Å². The van der Waals surface area contributed by atoms with Crippen molar-refractivity contribution in [1.82, 2.24) is 24.9 Å². The van der Waals surface area contributed by atoms with E-state index in [-0.39, 0.29) is 0 Å². The molecule has 0 saturated carbocycles. The Morgan fingerprint density at radius 3 is 2.75 bits per heavy atom. The molecule has 0 aromatic carbocycles. The van der Waals surface area contributed by atoms with Gasteiger partial charge in [0.2, 0.25) is 0 Å². The number of aromatic nitrogens is 4. The molecule has 0 radical (unpaired) electrons. The Morgan fingerprint density at radius 2 is 2.06 bits per heavy atom. The first-order chi connectivity index (χ1) is 7.58. The molecule has 1 N–H and O–H groups in total. The highest BCUT2D eigenvalue weighted by molar-refractivity contribution is 5.39. The Morgan fingerprint density at radius 1 is 1.31 bits per heavy atom. The average Bonchev–Trinajstić information content (AvgIpc) is 2.57. The number of hydrogen-bond acceptors (Lipinski definition) is 4. The monoisotopic (exact) mass is 219 g/mol. The van der Waals surface area contributed by atoms with Crippen molar-refractivity contribution >= 4 is 5.65 Å². The predicted octanol–water partition coefficient (Wildman–Crippen LogP) is 1.24. The second kappa shape index (κ2) is 4.17. The van der Waals surface area contributed by atoms with Crippen molar-refractivity contribution < 1.29 is 0 Å². The maximum atomic E-state index is 4.42. The minimum Gasteiger partial charge on any atom is -0.308 e. The summed E-state index contributed by atoms with van der Waals surface area (Å²) >= 11 is 0. The quantitative estimate of drug-likeness (QED) is 0.843. The van der Waals surface area contributed by atoms with Gasteiger partial charge in [-0.3, -0.25) is 4.40 Å². The Bertz CT molecular complexity index is 500. The third-order valence-corrected chi connectivity index (χ3v) is 2.42. The molecule has 0 spiro atoms. The van der Waals surface area contributed by atoms with Gasteiger partial charge in [-0.05, 0) is 13.8 Å². The molecule has 0 unspecified atom stereocenters. The van der Waals surface area contributed by atoms with Gasteiger partial charge in [0.15, 0.2) is 11.5 Å². The van der Waals surface area contributed by atoms with Gasteiger partial charge < -0.3 is 5.32 Å². The van der Waals surface area contributed by atoms with E-state index in [4.69, 9.17) is 0 Å². The van der Waals surface area contributed by atoms with Crippen LogP contribution in [0.5, 0.6) is 0 Å². The van der Waals surface area contributed by atoms with Gasteiger partial charge in [0.05, 0.1) is 6.54 Å². The van der Waals surface area contributed by atoms with E-state index in [0.29, 0.717) is 12.6 Å². The van der Waals surface area contributed by atoms with Crippen LogP contribution in [0.3, 0.4) is 0 Å². The molecule has 0 amide bonds. The van der Waals surface area contributed by atoms with Crippen LogP contribution in [0.2, 0.25) is 0 Å². The number of aryl methyl sites for hydroxylation is 2. The average molecular weight is 219 g/mol. The lowest BCUT2D eigenvalue weighted by Crippen LogP contribution is -2.23. The first-order valence-electron chi connectivity index (χ1n) is 5.49. The van der Waals surface area contributed by atoms with E-state index < -0.39 is 0 Å². The minimum atomic E-state index is 0.436. The number of hydrogen-bond donors (Lipinski definition) is 1. The van der Waals surface area contributed by atoms with E-state index in [2.05, 4.69) is 34.3 Å². The molecule has 2 rings (SSSR count). The molecule has 0 aliphatic heterocycles. The van der Waals surface area contributed by atoms with Crippen LogP contribution >= 0.6 is 0 Å². The molecule has 0 aliphatic rings. The van der Waals surface area contributed by atoms with E-state index in [9.17, 15) is 0 Å². The fraction of sp³-hybridized carbons (Fsp3) is 0.545. The van der Waals surface area contributed by atoms with Crippen molar-refractivity contribution in [3.05, 3.63) is 23.4 Å². The SMILES string of the molecule is Cc1cc2nnc(CNC(C)C)n2c(C)n1. The smallest absolute Gasteiger partial charge is 0.164 e. The summed E-state index contributed by atoms with van der Waals surface area (Å²) in [4.78, 5) is 4.42. The molecule has 86 valence electrons. The highest BCUT2D eigenvalue weighted by Gasteiger charge is 2.09. The molecule has 2 aromatic rings. The third-order valence-electron chi connectivity index (χ3n) is 2.42. The van der Waals surface area contributed by atoms with Crippen LogP contribution in [0.15, 0.2) is 6.07 Å². The Balaban J connectivity index is 2.40. The van der Waals surface area contributed by atoms with Gasteiger partial charge in [-0.2, -0.15) is 0 Å². The first kappa shape index (κ1) is 11.0. The van der Waals surface area contributed by atoms with E-state index in [1.54, 1.807) is 0 Å². The van der Waals surface area contributed by atoms with E-state index in [0.717, 1.165) is 23.0 Å². The lowest BCUT2D eigenvalue weighted by atomic mass is 10.4. The van der Waals surface area contributed by atoms with Crippen LogP contribution in [0.25, 0.3) is 5.65 Å². The molecule has 0 aliphatic carbocycles. The zero-order valence-corrected chi connectivity index (χ0v) is 10.2. The van der Waals surface area contributed by atoms with Crippen molar-refractivity contribution in [2.75, 3.05) is 0 Å². The minimum absolute atomic E-state index is 0.436. The second-order valence-corrected chi connectivity index (χ2v) is 4.29.